The predicted octanol–water partition coefficient (Wildman–Crippen LogP) is 2.58. The summed E-state index contributed by atoms with van der Waals surface area (Å²) in [5, 5.41) is 10.3. The van der Waals surface area contributed by atoms with Gasteiger partial charge in [0, 0.05) is 13.6 Å². The van der Waals surface area contributed by atoms with E-state index in [0.717, 1.165) is 0 Å². The molecule has 0 unspecified atom stereocenters. The van der Waals surface area contributed by atoms with Gasteiger partial charge in [-0.1, -0.05) is 18.2 Å². The highest BCUT2D eigenvalue weighted by atomic mass is 35.5. The number of nitrogens with two attached hydrogens (primary N) is 1. The van der Waals surface area contributed by atoms with Crippen molar-refractivity contribution in [2.24, 2.45) is 0 Å². The van der Waals surface area contributed by atoms with E-state index in [9.17, 15) is 0 Å². The van der Waals surface area contributed by atoms with Crippen molar-refractivity contribution in [1.82, 2.24) is 15.3 Å². The molecule has 0 atom stereocenters. The van der Waals surface area contributed by atoms with E-state index in [1.165, 1.54) is 5.56 Å². The molecule has 5 nitrogen and oxygen atoms in total. The van der Waals surface area contributed by atoms with Crippen LogP contribution in [0.2, 0.25) is 5.15 Å². The standard InChI is InChI=1S/C12H14ClN5S/c1-7(16-5-8-3-4-19-6-8)9-11(14)18-12(15-2)10(13)17-9/h3-4,6,16H,1,5H2,2H3,(H3,14,15,18). The van der Waals surface area contributed by atoms with E-state index in [0.29, 0.717) is 23.8 Å². The molecule has 0 saturated heterocycles. The summed E-state index contributed by atoms with van der Waals surface area (Å²) in [6.45, 7) is 4.57. The normalized spacial score (nSPS) is 10.2. The zero-order valence-electron chi connectivity index (χ0n) is 10.4. The smallest absolute Gasteiger partial charge is 0.172 e. The van der Waals surface area contributed by atoms with Gasteiger partial charge in [-0.25, -0.2) is 9.97 Å². The number of nitrogens with one attached hydrogen (secondary N) is 2. The quantitative estimate of drug-likeness (QED) is 0.790. The summed E-state index contributed by atoms with van der Waals surface area (Å²) in [5.74, 6) is 0.741. The average Bonchev–Trinajstić information content (AvgIpc) is 2.91. The Hall–Kier alpha value is -1.79. The predicted molar refractivity (Wildman–Crippen MR) is 81.2 cm³/mol. The van der Waals surface area contributed by atoms with E-state index in [1.54, 1.807) is 18.4 Å². The van der Waals surface area contributed by atoms with E-state index in [2.05, 4.69) is 32.6 Å². The van der Waals surface area contributed by atoms with E-state index < -0.39 is 0 Å². The molecule has 0 fully saturated rings. The van der Waals surface area contributed by atoms with Crippen LogP contribution in [0.1, 0.15) is 11.3 Å². The Morgan fingerprint density at radius 3 is 2.95 bits per heavy atom. The maximum atomic E-state index is 5.99. The van der Waals surface area contributed by atoms with Crippen molar-refractivity contribution < 1.29 is 0 Å². The maximum Gasteiger partial charge on any atom is 0.172 e. The topological polar surface area (TPSA) is 75.9 Å². The van der Waals surface area contributed by atoms with E-state index in [4.69, 9.17) is 17.3 Å². The number of hydrogen-bond donors (Lipinski definition) is 3. The zero-order chi connectivity index (χ0) is 13.8. The van der Waals surface area contributed by atoms with Gasteiger partial charge in [-0.05, 0) is 22.4 Å². The number of rotatable bonds is 5. The van der Waals surface area contributed by atoms with Gasteiger partial charge in [0.25, 0.3) is 0 Å². The summed E-state index contributed by atoms with van der Waals surface area (Å²) >= 11 is 7.63. The van der Waals surface area contributed by atoms with Gasteiger partial charge in [-0.3, -0.25) is 0 Å². The number of nitrogens with zero attached hydrogens (tertiary/aromatic N) is 2. The first kappa shape index (κ1) is 13.6. The molecule has 0 aliphatic heterocycles. The van der Waals surface area contributed by atoms with Crippen LogP contribution in [0.25, 0.3) is 5.70 Å². The number of halogens is 1. The molecule has 0 aliphatic carbocycles. The molecule has 0 amide bonds. The fourth-order valence-electron chi connectivity index (χ4n) is 1.49. The fraction of sp³-hybridized carbons (Fsp3) is 0.167. The first-order valence-corrected chi connectivity index (χ1v) is 6.89. The van der Waals surface area contributed by atoms with Crippen LogP contribution in [0.5, 0.6) is 0 Å². The molecule has 2 aromatic heterocycles. The van der Waals surface area contributed by atoms with Gasteiger partial charge in [-0.15, -0.1) is 0 Å². The highest BCUT2D eigenvalue weighted by molar-refractivity contribution is 7.07. The molecular weight excluding hydrogens is 282 g/mol. The van der Waals surface area contributed by atoms with Crippen LogP contribution in [0.15, 0.2) is 23.4 Å². The third-order valence-electron chi connectivity index (χ3n) is 2.49. The van der Waals surface area contributed by atoms with Crippen LogP contribution < -0.4 is 16.4 Å². The molecule has 0 aliphatic rings. The zero-order valence-corrected chi connectivity index (χ0v) is 12.0. The summed E-state index contributed by atoms with van der Waals surface area (Å²) in [6, 6.07) is 2.04. The molecule has 7 heteroatoms. The molecule has 2 heterocycles. The van der Waals surface area contributed by atoms with E-state index >= 15 is 0 Å². The molecule has 0 radical (unpaired) electrons. The van der Waals surface area contributed by atoms with E-state index in [1.807, 2.05) is 11.4 Å². The lowest BCUT2D eigenvalue weighted by molar-refractivity contribution is 0.888. The van der Waals surface area contributed by atoms with Crippen LogP contribution in [0, 0.1) is 0 Å². The molecular formula is C12H14ClN5S. The van der Waals surface area contributed by atoms with E-state index in [-0.39, 0.29) is 11.0 Å². The first-order valence-electron chi connectivity index (χ1n) is 5.56. The second-order valence-electron chi connectivity index (χ2n) is 3.81. The number of aromatic nitrogens is 2. The summed E-state index contributed by atoms with van der Waals surface area (Å²) in [4.78, 5) is 8.33. The van der Waals surface area contributed by atoms with Gasteiger partial charge in [-0.2, -0.15) is 11.3 Å². The lowest BCUT2D eigenvalue weighted by atomic mass is 10.3. The van der Waals surface area contributed by atoms with Gasteiger partial charge in [0.15, 0.2) is 16.8 Å². The Labute approximate surface area is 120 Å². The lowest BCUT2D eigenvalue weighted by Crippen LogP contribution is -2.14. The number of nitrogen functional groups attached to an aromatic ring is 1. The fourth-order valence-corrected chi connectivity index (χ4v) is 2.38. The first-order chi connectivity index (χ1) is 9.11. The van der Waals surface area contributed by atoms with Crippen molar-refractivity contribution >= 4 is 40.3 Å². The molecule has 0 saturated carbocycles. The second-order valence-corrected chi connectivity index (χ2v) is 4.95. The molecule has 0 bridgehead atoms. The van der Waals surface area contributed by atoms with Crippen LogP contribution in [0.4, 0.5) is 11.6 Å². The van der Waals surface area contributed by atoms with Crippen molar-refractivity contribution in [3.63, 3.8) is 0 Å². The third-order valence-corrected chi connectivity index (χ3v) is 3.48. The molecule has 4 N–H and O–H groups in total. The SMILES string of the molecule is C=C(NCc1ccsc1)c1nc(Cl)c(NC)nc1N. The van der Waals surface area contributed by atoms with Gasteiger partial charge >= 0.3 is 0 Å². The van der Waals surface area contributed by atoms with Crippen molar-refractivity contribution in [3.8, 4) is 0 Å². The molecule has 2 rings (SSSR count). The Kier molecular flexibility index (Phi) is 4.24. The van der Waals surface area contributed by atoms with Crippen molar-refractivity contribution in [2.45, 2.75) is 6.54 Å². The van der Waals surface area contributed by atoms with Gasteiger partial charge < -0.3 is 16.4 Å². The molecule has 2 aromatic rings. The summed E-state index contributed by atoms with van der Waals surface area (Å²) in [5.41, 5.74) is 8.09. The average molecular weight is 296 g/mol. The second kappa shape index (κ2) is 5.90. The highest BCUT2D eigenvalue weighted by Gasteiger charge is 2.12. The van der Waals surface area contributed by atoms with Crippen molar-refractivity contribution in [2.75, 3.05) is 18.1 Å². The number of thiophene rings is 1. The minimum absolute atomic E-state index is 0.269. The van der Waals surface area contributed by atoms with Crippen LogP contribution in [-0.2, 0) is 6.54 Å². The minimum Gasteiger partial charge on any atom is -0.382 e. The largest absolute Gasteiger partial charge is 0.382 e. The Bertz CT molecular complexity index is 582. The van der Waals surface area contributed by atoms with Crippen molar-refractivity contribution in [1.29, 1.82) is 0 Å². The molecule has 100 valence electrons. The Morgan fingerprint density at radius 1 is 1.53 bits per heavy atom. The van der Waals surface area contributed by atoms with Gasteiger partial charge in [0.05, 0.1) is 5.70 Å². The van der Waals surface area contributed by atoms with Crippen LogP contribution >= 0.6 is 22.9 Å². The minimum atomic E-state index is 0.269. The third kappa shape index (κ3) is 3.15. The van der Waals surface area contributed by atoms with Gasteiger partial charge in [0.1, 0.15) is 5.69 Å². The Balaban J connectivity index is 2.12. The summed E-state index contributed by atoms with van der Waals surface area (Å²) < 4.78 is 0. The maximum absolute atomic E-state index is 5.99. The Morgan fingerprint density at radius 2 is 2.32 bits per heavy atom. The van der Waals surface area contributed by atoms with Crippen LogP contribution in [-0.4, -0.2) is 17.0 Å². The molecule has 19 heavy (non-hydrogen) atoms. The van der Waals surface area contributed by atoms with Crippen LogP contribution in [0.3, 0.4) is 0 Å². The number of hydrogen-bond acceptors (Lipinski definition) is 6. The van der Waals surface area contributed by atoms with Crippen molar-refractivity contribution in [3.05, 3.63) is 39.8 Å². The van der Waals surface area contributed by atoms with Gasteiger partial charge in [0.2, 0.25) is 0 Å². The molecule has 0 aromatic carbocycles. The lowest BCUT2D eigenvalue weighted by Gasteiger charge is -2.12. The highest BCUT2D eigenvalue weighted by Crippen LogP contribution is 2.23. The monoisotopic (exact) mass is 295 g/mol. The summed E-state index contributed by atoms with van der Waals surface area (Å²) in [6.07, 6.45) is 0. The number of anilines is 2. The molecule has 0 spiro atoms. The summed E-state index contributed by atoms with van der Waals surface area (Å²) in [7, 11) is 1.71.